The van der Waals surface area contributed by atoms with Crippen molar-refractivity contribution >= 4 is 5.91 Å². The monoisotopic (exact) mass is 324 g/mol. The van der Waals surface area contributed by atoms with Crippen LogP contribution in [0.2, 0.25) is 0 Å². The predicted octanol–water partition coefficient (Wildman–Crippen LogP) is 2.80. The first-order valence-corrected chi connectivity index (χ1v) is 6.83. The lowest BCUT2D eigenvalue weighted by molar-refractivity contribution is 0.0651. The number of halogens is 5. The standard InChI is InChI=1S/C12H11F5N2O.C2H6/c1-18-2-4-19(5-3-18)12(20)6-7(13)9(15)11(17)10(16)8(6)14;1-2/h2-5H2,1H3;1-2H3. The molecule has 1 aliphatic heterocycles. The second-order valence-corrected chi connectivity index (χ2v) is 4.54. The molecule has 124 valence electrons. The van der Waals surface area contributed by atoms with Gasteiger partial charge in [-0.15, -0.1) is 0 Å². The molecule has 1 heterocycles. The van der Waals surface area contributed by atoms with Crippen LogP contribution >= 0.6 is 0 Å². The van der Waals surface area contributed by atoms with Crippen LogP contribution in [0.25, 0.3) is 0 Å². The Bertz CT molecular complexity index is 528. The Morgan fingerprint density at radius 3 is 1.55 bits per heavy atom. The van der Waals surface area contributed by atoms with Crippen LogP contribution < -0.4 is 0 Å². The highest BCUT2D eigenvalue weighted by molar-refractivity contribution is 5.95. The summed E-state index contributed by atoms with van der Waals surface area (Å²) in [5.41, 5.74) is -1.40. The first-order valence-electron chi connectivity index (χ1n) is 6.83. The summed E-state index contributed by atoms with van der Waals surface area (Å²) in [4.78, 5) is 14.9. The quantitative estimate of drug-likeness (QED) is 0.451. The summed E-state index contributed by atoms with van der Waals surface area (Å²) >= 11 is 0. The minimum absolute atomic E-state index is 0.162. The molecule has 0 radical (unpaired) electrons. The van der Waals surface area contributed by atoms with Gasteiger partial charge in [-0.25, -0.2) is 22.0 Å². The van der Waals surface area contributed by atoms with E-state index < -0.39 is 40.6 Å². The molecule has 8 heteroatoms. The number of carbonyl (C=O) groups is 1. The van der Waals surface area contributed by atoms with Gasteiger partial charge in [-0.3, -0.25) is 4.79 Å². The Labute approximate surface area is 125 Å². The third-order valence-corrected chi connectivity index (χ3v) is 3.21. The zero-order valence-corrected chi connectivity index (χ0v) is 12.5. The maximum Gasteiger partial charge on any atom is 0.260 e. The fraction of sp³-hybridized carbons (Fsp3) is 0.500. The number of benzene rings is 1. The van der Waals surface area contributed by atoms with E-state index in [1.54, 1.807) is 7.05 Å². The van der Waals surface area contributed by atoms with Gasteiger partial charge in [0.25, 0.3) is 5.91 Å². The van der Waals surface area contributed by atoms with Gasteiger partial charge in [-0.2, -0.15) is 0 Å². The van der Waals surface area contributed by atoms with Crippen LogP contribution in [0.1, 0.15) is 24.2 Å². The molecule has 0 unspecified atom stereocenters. The van der Waals surface area contributed by atoms with E-state index in [0.717, 1.165) is 4.90 Å². The number of amides is 1. The second kappa shape index (κ2) is 7.53. The average Bonchev–Trinajstić information content (AvgIpc) is 2.53. The highest BCUT2D eigenvalue weighted by Gasteiger charge is 2.32. The van der Waals surface area contributed by atoms with E-state index in [0.29, 0.717) is 13.1 Å². The third-order valence-electron chi connectivity index (χ3n) is 3.21. The minimum atomic E-state index is -2.27. The van der Waals surface area contributed by atoms with E-state index in [1.807, 2.05) is 18.7 Å². The van der Waals surface area contributed by atoms with Crippen molar-refractivity contribution in [2.24, 2.45) is 0 Å². The van der Waals surface area contributed by atoms with Crippen LogP contribution in [-0.4, -0.2) is 48.9 Å². The summed E-state index contributed by atoms with van der Waals surface area (Å²) in [5.74, 6) is -11.9. The van der Waals surface area contributed by atoms with Crippen molar-refractivity contribution in [1.82, 2.24) is 9.80 Å². The Morgan fingerprint density at radius 2 is 1.14 bits per heavy atom. The molecule has 0 atom stereocenters. The second-order valence-electron chi connectivity index (χ2n) is 4.54. The lowest BCUT2D eigenvalue weighted by atomic mass is 10.1. The zero-order chi connectivity index (χ0) is 17.0. The number of nitrogens with zero attached hydrogens (tertiary/aromatic N) is 2. The fourth-order valence-electron chi connectivity index (χ4n) is 1.96. The van der Waals surface area contributed by atoms with Gasteiger partial charge in [-0.05, 0) is 7.05 Å². The average molecular weight is 324 g/mol. The fourth-order valence-corrected chi connectivity index (χ4v) is 1.96. The molecule has 1 aromatic carbocycles. The van der Waals surface area contributed by atoms with Gasteiger partial charge in [0.15, 0.2) is 23.3 Å². The maximum absolute atomic E-state index is 13.5. The van der Waals surface area contributed by atoms with Crippen molar-refractivity contribution < 1.29 is 26.7 Å². The Morgan fingerprint density at radius 1 is 0.773 bits per heavy atom. The molecule has 0 aromatic heterocycles. The van der Waals surface area contributed by atoms with E-state index in [1.165, 1.54) is 0 Å². The molecule has 0 bridgehead atoms. The van der Waals surface area contributed by atoms with E-state index in [9.17, 15) is 26.7 Å². The smallest absolute Gasteiger partial charge is 0.260 e. The zero-order valence-electron chi connectivity index (χ0n) is 12.5. The molecular weight excluding hydrogens is 307 g/mol. The molecule has 1 aliphatic rings. The molecule has 0 N–H and O–H groups in total. The summed E-state index contributed by atoms with van der Waals surface area (Å²) in [5, 5.41) is 0. The molecule has 1 aromatic rings. The van der Waals surface area contributed by atoms with Gasteiger partial charge >= 0.3 is 0 Å². The Balaban J connectivity index is 0.00000116. The Kier molecular flexibility index (Phi) is 6.28. The minimum Gasteiger partial charge on any atom is -0.336 e. The molecule has 1 fully saturated rings. The van der Waals surface area contributed by atoms with Gasteiger partial charge in [0.05, 0.1) is 0 Å². The largest absolute Gasteiger partial charge is 0.336 e. The summed E-state index contributed by atoms with van der Waals surface area (Å²) in [7, 11) is 1.79. The summed E-state index contributed by atoms with van der Waals surface area (Å²) < 4.78 is 66.0. The SMILES string of the molecule is CC.CN1CCN(C(=O)c2c(F)c(F)c(F)c(F)c2F)CC1. The maximum atomic E-state index is 13.5. The highest BCUT2D eigenvalue weighted by Crippen LogP contribution is 2.24. The number of likely N-dealkylation sites (N-methyl/N-ethyl adjacent to an activating group) is 1. The first-order chi connectivity index (χ1) is 10.3. The van der Waals surface area contributed by atoms with E-state index in [4.69, 9.17) is 0 Å². The van der Waals surface area contributed by atoms with Crippen LogP contribution in [0.3, 0.4) is 0 Å². The van der Waals surface area contributed by atoms with Gasteiger partial charge in [0.2, 0.25) is 5.82 Å². The van der Waals surface area contributed by atoms with Crippen molar-refractivity contribution in [3.05, 3.63) is 34.6 Å². The van der Waals surface area contributed by atoms with Crippen LogP contribution in [0.5, 0.6) is 0 Å². The Hall–Kier alpha value is -1.70. The third kappa shape index (κ3) is 3.37. The lowest BCUT2D eigenvalue weighted by Gasteiger charge is -2.32. The summed E-state index contributed by atoms with van der Waals surface area (Å²) in [6, 6.07) is 0. The number of rotatable bonds is 1. The molecule has 3 nitrogen and oxygen atoms in total. The summed E-state index contributed by atoms with van der Waals surface area (Å²) in [6.45, 7) is 5.24. The van der Waals surface area contributed by atoms with Gasteiger partial charge < -0.3 is 9.80 Å². The highest BCUT2D eigenvalue weighted by atomic mass is 19.2. The normalized spacial score (nSPS) is 15.4. The van der Waals surface area contributed by atoms with Crippen molar-refractivity contribution in [1.29, 1.82) is 0 Å². The predicted molar refractivity (Wildman–Crippen MR) is 71.0 cm³/mol. The van der Waals surface area contributed by atoms with Gasteiger partial charge in [0, 0.05) is 26.2 Å². The van der Waals surface area contributed by atoms with Gasteiger partial charge in [0.1, 0.15) is 5.56 Å². The van der Waals surface area contributed by atoms with Crippen LogP contribution in [0, 0.1) is 29.1 Å². The number of hydrogen-bond acceptors (Lipinski definition) is 2. The number of hydrogen-bond donors (Lipinski definition) is 0. The number of carbonyl (C=O) groups excluding carboxylic acids is 1. The molecule has 0 aliphatic carbocycles. The van der Waals surface area contributed by atoms with Crippen LogP contribution in [0.4, 0.5) is 22.0 Å². The number of piperazine rings is 1. The lowest BCUT2D eigenvalue weighted by Crippen LogP contribution is -2.47. The van der Waals surface area contributed by atoms with Crippen molar-refractivity contribution in [2.75, 3.05) is 33.2 Å². The topological polar surface area (TPSA) is 23.6 Å². The molecule has 0 saturated carbocycles. The molecule has 1 amide bonds. The molecular formula is C14H17F5N2O. The van der Waals surface area contributed by atoms with E-state index in [2.05, 4.69) is 0 Å². The van der Waals surface area contributed by atoms with E-state index in [-0.39, 0.29) is 13.1 Å². The van der Waals surface area contributed by atoms with Crippen LogP contribution in [-0.2, 0) is 0 Å². The summed E-state index contributed by atoms with van der Waals surface area (Å²) in [6.07, 6.45) is 0. The van der Waals surface area contributed by atoms with Crippen LogP contribution in [0.15, 0.2) is 0 Å². The van der Waals surface area contributed by atoms with E-state index >= 15 is 0 Å². The molecule has 1 saturated heterocycles. The van der Waals surface area contributed by atoms with Crippen molar-refractivity contribution in [3.8, 4) is 0 Å². The molecule has 0 spiro atoms. The van der Waals surface area contributed by atoms with Crippen molar-refractivity contribution in [2.45, 2.75) is 13.8 Å². The van der Waals surface area contributed by atoms with Gasteiger partial charge in [-0.1, -0.05) is 13.8 Å². The first kappa shape index (κ1) is 18.3. The molecule has 2 rings (SSSR count). The van der Waals surface area contributed by atoms with Crippen molar-refractivity contribution in [3.63, 3.8) is 0 Å². The molecule has 22 heavy (non-hydrogen) atoms.